The number of nitrogens with zero attached hydrogens (tertiary/aromatic N) is 1. The van der Waals surface area contributed by atoms with E-state index in [9.17, 15) is 28.0 Å². The van der Waals surface area contributed by atoms with E-state index in [1.54, 1.807) is 18.2 Å². The van der Waals surface area contributed by atoms with Crippen molar-refractivity contribution in [2.75, 3.05) is 0 Å². The van der Waals surface area contributed by atoms with Crippen molar-refractivity contribution in [2.24, 2.45) is 0 Å². The number of rotatable bonds is 9. The number of hydrogen-bond donors (Lipinski definition) is 1. The Morgan fingerprint density at radius 1 is 1.15 bits per heavy atom. The van der Waals surface area contributed by atoms with Gasteiger partial charge in [0.2, 0.25) is 0 Å². The molecule has 1 heterocycles. The molecule has 1 unspecified atom stereocenters. The Morgan fingerprint density at radius 3 is 2.52 bits per heavy atom. The molecule has 2 aromatic rings. The molecule has 0 aliphatic carbocycles. The van der Waals surface area contributed by atoms with Crippen LogP contribution in [0.25, 0.3) is 0 Å². The number of Topliss-reactive ketones (excluding diaryl/α,β-unsaturated/α-hetero) is 2. The molecule has 2 aromatic carbocycles. The van der Waals surface area contributed by atoms with Crippen molar-refractivity contribution < 1.29 is 28.0 Å². The predicted octanol–water partition coefficient (Wildman–Crippen LogP) is 4.03. The molecule has 0 radical (unpaired) electrons. The van der Waals surface area contributed by atoms with E-state index in [4.69, 9.17) is 11.6 Å². The Balaban J connectivity index is 1.70. The third-order valence-corrected chi connectivity index (χ3v) is 5.78. The van der Waals surface area contributed by atoms with Crippen LogP contribution >= 0.6 is 11.6 Å². The van der Waals surface area contributed by atoms with Crippen LogP contribution < -0.4 is 5.32 Å². The summed E-state index contributed by atoms with van der Waals surface area (Å²) in [5.41, 5.74) is 1.05. The summed E-state index contributed by atoms with van der Waals surface area (Å²) in [5.74, 6) is -5.84. The molecule has 1 atom stereocenters. The van der Waals surface area contributed by atoms with Gasteiger partial charge in [0.1, 0.15) is 5.78 Å². The number of amides is 2. The summed E-state index contributed by atoms with van der Waals surface area (Å²) < 4.78 is 28.9. The van der Waals surface area contributed by atoms with Crippen molar-refractivity contribution in [3.05, 3.63) is 69.7 Å². The minimum atomic E-state index is -3.76. The third kappa shape index (κ3) is 5.45. The second kappa shape index (κ2) is 9.79. The molecule has 1 N–H and O–H groups in total. The van der Waals surface area contributed by atoms with E-state index in [1.165, 1.54) is 30.9 Å². The number of hydrogen-bond acceptors (Lipinski definition) is 4. The number of fused-ring (bicyclic) bond motifs is 1. The molecule has 0 saturated heterocycles. The summed E-state index contributed by atoms with van der Waals surface area (Å²) >= 11 is 5.75. The molecule has 1 aliphatic heterocycles. The molecule has 6 nitrogen and oxygen atoms in total. The van der Waals surface area contributed by atoms with Crippen LogP contribution in [0.2, 0.25) is 5.02 Å². The maximum atomic E-state index is 14.5. The van der Waals surface area contributed by atoms with Gasteiger partial charge >= 0.3 is 5.92 Å². The van der Waals surface area contributed by atoms with Crippen LogP contribution in [-0.2, 0) is 33.4 Å². The smallest absolute Gasteiger partial charge is 0.346 e. The van der Waals surface area contributed by atoms with Gasteiger partial charge in [-0.1, -0.05) is 35.9 Å². The largest absolute Gasteiger partial charge is 0.349 e. The zero-order chi connectivity index (χ0) is 24.3. The number of benzene rings is 2. The highest BCUT2D eigenvalue weighted by atomic mass is 35.5. The molecule has 9 heteroatoms. The first-order chi connectivity index (χ1) is 15.5. The normalized spacial score (nSPS) is 14.1. The topological polar surface area (TPSA) is 83.6 Å². The molecular formula is C24H23ClF2N2O4. The standard InChI is InChI=1S/C24H23ClF2N2O4/c1-14(30)6-9-21(15(2)31)29-13-17-10-16(7-8-20(17)22(29)32)12-28-23(33)24(26,27)18-4-3-5-19(25)11-18/h3-5,7-8,10-11,21H,6,9,12-13H2,1-2H3,(H,28,33). The van der Waals surface area contributed by atoms with Crippen LogP contribution in [0.4, 0.5) is 8.78 Å². The average molecular weight is 477 g/mol. The SMILES string of the molecule is CC(=O)CCC(C(C)=O)N1Cc2cc(CNC(=O)C(F)(F)c3cccc(Cl)c3)ccc2C1=O. The van der Waals surface area contributed by atoms with Crippen LogP contribution in [0.15, 0.2) is 42.5 Å². The van der Waals surface area contributed by atoms with Crippen molar-refractivity contribution >= 4 is 35.0 Å². The summed E-state index contributed by atoms with van der Waals surface area (Å²) in [4.78, 5) is 49.8. The van der Waals surface area contributed by atoms with E-state index >= 15 is 0 Å². The van der Waals surface area contributed by atoms with Crippen LogP contribution in [0, 0.1) is 0 Å². The van der Waals surface area contributed by atoms with E-state index in [0.717, 1.165) is 12.1 Å². The highest BCUT2D eigenvalue weighted by Gasteiger charge is 2.41. The number of carbonyl (C=O) groups excluding carboxylic acids is 4. The van der Waals surface area contributed by atoms with Crippen LogP contribution in [0.5, 0.6) is 0 Å². The molecule has 2 amide bonds. The zero-order valence-electron chi connectivity index (χ0n) is 18.2. The van der Waals surface area contributed by atoms with Crippen LogP contribution in [-0.4, -0.2) is 34.3 Å². The second-order valence-electron chi connectivity index (χ2n) is 8.06. The van der Waals surface area contributed by atoms with E-state index < -0.39 is 23.4 Å². The lowest BCUT2D eigenvalue weighted by Gasteiger charge is -2.25. The number of ketones is 2. The van der Waals surface area contributed by atoms with Gasteiger partial charge in [-0.15, -0.1) is 0 Å². The molecule has 174 valence electrons. The van der Waals surface area contributed by atoms with Gasteiger partial charge in [-0.2, -0.15) is 8.78 Å². The first-order valence-corrected chi connectivity index (χ1v) is 10.7. The van der Waals surface area contributed by atoms with Gasteiger partial charge in [0, 0.05) is 35.7 Å². The lowest BCUT2D eigenvalue weighted by atomic mass is 10.0. The first-order valence-electron chi connectivity index (χ1n) is 10.4. The molecule has 1 aliphatic rings. The zero-order valence-corrected chi connectivity index (χ0v) is 18.9. The molecule has 0 spiro atoms. The Kier molecular flexibility index (Phi) is 7.27. The second-order valence-corrected chi connectivity index (χ2v) is 8.50. The Bertz CT molecular complexity index is 1120. The molecule has 0 saturated carbocycles. The van der Waals surface area contributed by atoms with Gasteiger partial charge < -0.3 is 15.0 Å². The van der Waals surface area contributed by atoms with Crippen LogP contribution in [0.1, 0.15) is 53.7 Å². The Labute approximate surface area is 194 Å². The van der Waals surface area contributed by atoms with Gasteiger partial charge in [0.05, 0.1) is 6.04 Å². The number of halogens is 3. The first kappa shape index (κ1) is 24.5. The highest BCUT2D eigenvalue weighted by molar-refractivity contribution is 6.30. The molecule has 3 rings (SSSR count). The quantitative estimate of drug-likeness (QED) is 0.592. The Morgan fingerprint density at radius 2 is 1.88 bits per heavy atom. The minimum absolute atomic E-state index is 0.0713. The molecular weight excluding hydrogens is 454 g/mol. The summed E-state index contributed by atoms with van der Waals surface area (Å²) in [6.45, 7) is 2.80. The fourth-order valence-electron chi connectivity index (χ4n) is 3.79. The maximum absolute atomic E-state index is 14.5. The maximum Gasteiger partial charge on any atom is 0.349 e. The monoisotopic (exact) mass is 476 g/mol. The lowest BCUT2D eigenvalue weighted by Crippen LogP contribution is -2.40. The summed E-state index contributed by atoms with van der Waals surface area (Å²) in [6, 6.07) is 8.98. The van der Waals surface area contributed by atoms with Crippen molar-refractivity contribution in [1.29, 1.82) is 0 Å². The fourth-order valence-corrected chi connectivity index (χ4v) is 3.98. The van der Waals surface area contributed by atoms with Gasteiger partial charge in [-0.25, -0.2) is 0 Å². The summed E-state index contributed by atoms with van der Waals surface area (Å²) in [7, 11) is 0. The third-order valence-electron chi connectivity index (χ3n) is 5.54. The summed E-state index contributed by atoms with van der Waals surface area (Å²) in [6.07, 6.45) is 0.425. The number of carbonyl (C=O) groups is 4. The van der Waals surface area contributed by atoms with Crippen molar-refractivity contribution in [2.45, 2.75) is 51.7 Å². The molecule has 0 bridgehead atoms. The van der Waals surface area contributed by atoms with E-state index in [0.29, 0.717) is 16.7 Å². The number of alkyl halides is 2. The molecule has 0 fully saturated rings. The van der Waals surface area contributed by atoms with Gasteiger partial charge in [0.25, 0.3) is 11.8 Å². The van der Waals surface area contributed by atoms with Gasteiger partial charge in [0.15, 0.2) is 5.78 Å². The van der Waals surface area contributed by atoms with Gasteiger partial charge in [-0.05, 0) is 49.6 Å². The predicted molar refractivity (Wildman–Crippen MR) is 118 cm³/mol. The lowest BCUT2D eigenvalue weighted by molar-refractivity contribution is -0.147. The number of nitrogens with one attached hydrogen (secondary N) is 1. The van der Waals surface area contributed by atoms with E-state index in [1.807, 2.05) is 0 Å². The molecule has 33 heavy (non-hydrogen) atoms. The minimum Gasteiger partial charge on any atom is -0.346 e. The van der Waals surface area contributed by atoms with Crippen LogP contribution in [0.3, 0.4) is 0 Å². The Hall–Kier alpha value is -3.13. The highest BCUT2D eigenvalue weighted by Crippen LogP contribution is 2.31. The molecule has 0 aromatic heterocycles. The van der Waals surface area contributed by atoms with Crippen molar-refractivity contribution in [1.82, 2.24) is 10.2 Å². The fraction of sp³-hybridized carbons (Fsp3) is 0.333. The van der Waals surface area contributed by atoms with E-state index in [-0.39, 0.29) is 48.4 Å². The van der Waals surface area contributed by atoms with Gasteiger partial charge in [-0.3, -0.25) is 14.4 Å². The average Bonchev–Trinajstić information content (AvgIpc) is 3.07. The van der Waals surface area contributed by atoms with Crippen molar-refractivity contribution in [3.63, 3.8) is 0 Å². The van der Waals surface area contributed by atoms with E-state index in [2.05, 4.69) is 5.32 Å². The van der Waals surface area contributed by atoms with Crippen molar-refractivity contribution in [3.8, 4) is 0 Å². The summed E-state index contributed by atoms with van der Waals surface area (Å²) in [5, 5.41) is 2.32.